The Morgan fingerprint density at radius 3 is 2.38 bits per heavy atom. The molecule has 0 radical (unpaired) electrons. The number of carbonyl (C=O) groups is 3. The second-order valence-electron chi connectivity index (χ2n) is 11.0. The number of nitrogens with one attached hydrogen (secondary N) is 2. The summed E-state index contributed by atoms with van der Waals surface area (Å²) in [6.07, 6.45) is -0.477. The number of hydrogen-bond acceptors (Lipinski definition) is 6. The lowest BCUT2D eigenvalue weighted by Gasteiger charge is -2.51. The lowest BCUT2D eigenvalue weighted by Crippen LogP contribution is -2.61. The molecule has 9 nitrogen and oxygen atoms in total. The molecule has 1 saturated heterocycles. The minimum atomic E-state index is -1.13. The molecular formula is C26H39BrClN3O6. The number of ether oxygens (including phenoxy) is 2. The van der Waals surface area contributed by atoms with Gasteiger partial charge in [0.25, 0.3) is 0 Å². The van der Waals surface area contributed by atoms with Crippen molar-refractivity contribution in [1.82, 2.24) is 15.5 Å². The fourth-order valence-corrected chi connectivity index (χ4v) is 4.67. The van der Waals surface area contributed by atoms with Gasteiger partial charge in [0, 0.05) is 28.9 Å². The Balaban J connectivity index is 2.02. The van der Waals surface area contributed by atoms with E-state index in [1.54, 1.807) is 30.9 Å². The molecule has 0 spiro atoms. The summed E-state index contributed by atoms with van der Waals surface area (Å²) < 4.78 is 10.1. The summed E-state index contributed by atoms with van der Waals surface area (Å²) in [6.45, 7) is 11.7. The van der Waals surface area contributed by atoms with Crippen LogP contribution in [0.15, 0.2) is 24.3 Å². The maximum Gasteiger partial charge on any atom is 0.508 e. The fourth-order valence-electron chi connectivity index (χ4n) is 4.38. The number of likely N-dealkylation sites (tertiary alicyclic amines) is 1. The number of benzene rings is 1. The molecule has 2 rings (SSSR count). The molecule has 0 bridgehead atoms. The van der Waals surface area contributed by atoms with Crippen LogP contribution in [-0.2, 0) is 19.9 Å². The van der Waals surface area contributed by atoms with Gasteiger partial charge in [-0.25, -0.2) is 9.59 Å². The zero-order valence-corrected chi connectivity index (χ0v) is 24.7. The van der Waals surface area contributed by atoms with Crippen molar-refractivity contribution in [3.8, 4) is 0 Å². The number of carbonyl (C=O) groups excluding carboxylic acids is 3. The third kappa shape index (κ3) is 8.22. The second-order valence-corrected chi connectivity index (χ2v) is 12.2. The van der Waals surface area contributed by atoms with E-state index >= 15 is 0 Å². The van der Waals surface area contributed by atoms with Gasteiger partial charge in [0.2, 0.25) is 5.91 Å². The molecule has 1 heterocycles. The highest BCUT2D eigenvalue weighted by atomic mass is 79.9. The van der Waals surface area contributed by atoms with Crippen LogP contribution in [0.4, 0.5) is 9.59 Å². The molecule has 0 aliphatic carbocycles. The molecular weight excluding hydrogens is 566 g/mol. The number of piperidine rings is 1. The first-order valence-corrected chi connectivity index (χ1v) is 13.8. The van der Waals surface area contributed by atoms with Crippen LogP contribution in [0.2, 0.25) is 5.02 Å². The number of hydrogen-bond donors (Lipinski definition) is 3. The largest absolute Gasteiger partial charge is 0.508 e. The number of amides is 3. The van der Waals surface area contributed by atoms with E-state index in [2.05, 4.69) is 26.6 Å². The van der Waals surface area contributed by atoms with Crippen molar-refractivity contribution in [1.29, 1.82) is 0 Å². The van der Waals surface area contributed by atoms with Crippen LogP contribution < -0.4 is 10.6 Å². The lowest BCUT2D eigenvalue weighted by atomic mass is 9.66. The Morgan fingerprint density at radius 1 is 1.22 bits per heavy atom. The molecule has 2 atom stereocenters. The Hall–Kier alpha value is -2.04. The van der Waals surface area contributed by atoms with E-state index in [4.69, 9.17) is 21.1 Å². The molecule has 1 aliphatic heterocycles. The Morgan fingerprint density at radius 2 is 1.84 bits per heavy atom. The maximum absolute atomic E-state index is 13.5. The molecule has 1 aliphatic rings. The van der Waals surface area contributed by atoms with Gasteiger partial charge in [-0.1, -0.05) is 67.4 Å². The van der Waals surface area contributed by atoms with Crippen molar-refractivity contribution >= 4 is 45.6 Å². The van der Waals surface area contributed by atoms with Gasteiger partial charge >= 0.3 is 12.2 Å². The number of nitrogens with zero attached hydrogens (tertiary/aromatic N) is 1. The number of urea groups is 1. The first kappa shape index (κ1) is 31.2. The van der Waals surface area contributed by atoms with E-state index in [0.717, 1.165) is 5.56 Å². The van der Waals surface area contributed by atoms with E-state index < -0.39 is 34.8 Å². The predicted molar refractivity (Wildman–Crippen MR) is 146 cm³/mol. The van der Waals surface area contributed by atoms with E-state index in [0.29, 0.717) is 29.9 Å². The van der Waals surface area contributed by atoms with Crippen LogP contribution in [0.3, 0.4) is 0 Å². The van der Waals surface area contributed by atoms with E-state index in [9.17, 15) is 19.5 Å². The van der Waals surface area contributed by atoms with Gasteiger partial charge in [-0.2, -0.15) is 0 Å². The van der Waals surface area contributed by atoms with Gasteiger partial charge < -0.3 is 30.1 Å². The van der Waals surface area contributed by atoms with Crippen LogP contribution in [0.5, 0.6) is 0 Å². The number of rotatable bonds is 9. The van der Waals surface area contributed by atoms with Crippen molar-refractivity contribution in [2.24, 2.45) is 11.3 Å². The van der Waals surface area contributed by atoms with Crippen molar-refractivity contribution in [2.45, 2.75) is 65.2 Å². The summed E-state index contributed by atoms with van der Waals surface area (Å²) in [5.41, 5.74) is -2.04. The van der Waals surface area contributed by atoms with Gasteiger partial charge in [0.15, 0.2) is 0 Å². The van der Waals surface area contributed by atoms with Crippen molar-refractivity contribution in [3.63, 3.8) is 0 Å². The van der Waals surface area contributed by atoms with Crippen LogP contribution in [0.1, 0.15) is 53.5 Å². The van der Waals surface area contributed by atoms with E-state index in [-0.39, 0.29) is 25.0 Å². The van der Waals surface area contributed by atoms with Crippen LogP contribution in [0, 0.1) is 11.3 Å². The predicted octanol–water partition coefficient (Wildman–Crippen LogP) is 4.44. The molecule has 0 aromatic heterocycles. The highest BCUT2D eigenvalue weighted by Crippen LogP contribution is 2.46. The molecule has 3 amide bonds. The smallest absolute Gasteiger partial charge is 0.433 e. The van der Waals surface area contributed by atoms with Gasteiger partial charge in [0.05, 0.1) is 12.1 Å². The summed E-state index contributed by atoms with van der Waals surface area (Å²) in [5, 5.41) is 18.1. The Bertz CT molecular complexity index is 956. The molecule has 1 aromatic rings. The van der Waals surface area contributed by atoms with E-state index in [1.165, 1.54) is 0 Å². The molecule has 3 N–H and O–H groups in total. The summed E-state index contributed by atoms with van der Waals surface area (Å²) in [4.78, 5) is 39.6. The number of aliphatic hydroxyl groups is 1. The monoisotopic (exact) mass is 603 g/mol. The molecule has 208 valence electrons. The van der Waals surface area contributed by atoms with E-state index in [1.807, 2.05) is 39.8 Å². The minimum Gasteiger partial charge on any atom is -0.433 e. The summed E-state index contributed by atoms with van der Waals surface area (Å²) >= 11 is 9.18. The normalized spacial score (nSPS) is 20.2. The minimum absolute atomic E-state index is 0.0200. The van der Waals surface area contributed by atoms with Crippen molar-refractivity contribution in [3.05, 3.63) is 34.9 Å². The van der Waals surface area contributed by atoms with Gasteiger partial charge in [-0.3, -0.25) is 4.79 Å². The molecule has 37 heavy (non-hydrogen) atoms. The third-order valence-corrected chi connectivity index (χ3v) is 7.21. The zero-order chi connectivity index (χ0) is 28.0. The standard InChI is InChI=1S/C26H39BrClN3O6/c1-17(2)20(30-22(33)29-15-25(5,6)37-23(34)36-14-12-27)21(32)31-13-11-26(35,24(3,4)16-31)18-7-9-19(28)10-8-18/h7-10,17,20,35H,11-16H2,1-6H3,(H2,29,30,33)/t20?,26-/m0/s1. The Kier molecular flexibility index (Phi) is 10.7. The number of alkyl halides is 1. The second kappa shape index (κ2) is 12.7. The zero-order valence-electron chi connectivity index (χ0n) is 22.4. The quantitative estimate of drug-likeness (QED) is 0.284. The van der Waals surface area contributed by atoms with Crippen molar-refractivity contribution in [2.75, 3.05) is 31.6 Å². The molecule has 1 unspecified atom stereocenters. The van der Waals surface area contributed by atoms with Gasteiger partial charge in [0.1, 0.15) is 18.2 Å². The number of halogens is 2. The fraction of sp³-hybridized carbons (Fsp3) is 0.654. The summed E-state index contributed by atoms with van der Waals surface area (Å²) in [5.74, 6) is -0.396. The van der Waals surface area contributed by atoms with Crippen LogP contribution in [-0.4, -0.2) is 71.3 Å². The van der Waals surface area contributed by atoms with Crippen molar-refractivity contribution < 1.29 is 29.0 Å². The SMILES string of the molecule is CC(C)C(NC(=O)NCC(C)(C)OC(=O)OCCBr)C(=O)N1CC[C@](O)(c2ccc(Cl)cc2)C(C)(C)C1. The molecule has 1 aromatic carbocycles. The highest BCUT2D eigenvalue weighted by Gasteiger charge is 2.50. The molecule has 1 fully saturated rings. The first-order valence-electron chi connectivity index (χ1n) is 12.4. The topological polar surface area (TPSA) is 117 Å². The average molecular weight is 605 g/mol. The third-order valence-electron chi connectivity index (χ3n) is 6.63. The van der Waals surface area contributed by atoms with Crippen LogP contribution >= 0.6 is 27.5 Å². The summed E-state index contributed by atoms with van der Waals surface area (Å²) in [7, 11) is 0. The lowest BCUT2D eigenvalue weighted by molar-refractivity contribution is -0.155. The first-order chi connectivity index (χ1) is 17.1. The molecule has 11 heteroatoms. The van der Waals surface area contributed by atoms with Gasteiger partial charge in [-0.15, -0.1) is 0 Å². The van der Waals surface area contributed by atoms with Gasteiger partial charge in [-0.05, 0) is 43.9 Å². The summed E-state index contributed by atoms with van der Waals surface area (Å²) in [6, 6.07) is 5.81. The Labute approximate surface area is 232 Å². The average Bonchev–Trinajstić information content (AvgIpc) is 2.81. The van der Waals surface area contributed by atoms with Crippen LogP contribution in [0.25, 0.3) is 0 Å². The molecule has 0 saturated carbocycles. The maximum atomic E-state index is 13.5. The highest BCUT2D eigenvalue weighted by molar-refractivity contribution is 9.09.